The third-order valence-electron chi connectivity index (χ3n) is 5.73. The Morgan fingerprint density at radius 2 is 1.96 bits per heavy atom. The van der Waals surface area contributed by atoms with Gasteiger partial charge in [0.25, 0.3) is 0 Å². The number of aromatic nitrogens is 3. The molecule has 0 saturated carbocycles. The van der Waals surface area contributed by atoms with Crippen LogP contribution in [0.1, 0.15) is 58.7 Å². The number of rotatable bonds is 5. The Balaban J connectivity index is 1.25. The van der Waals surface area contributed by atoms with Gasteiger partial charge in [0.15, 0.2) is 5.65 Å². The Hall–Kier alpha value is -2.15. The average molecular weight is 386 g/mol. The van der Waals surface area contributed by atoms with Crippen molar-refractivity contribution in [1.29, 1.82) is 0 Å². The monoisotopic (exact) mass is 385 g/mol. The number of carbonyl (C=O) groups excluding carboxylic acids is 1. The molecule has 2 aliphatic rings. The molecule has 7 heteroatoms. The minimum Gasteiger partial charge on any atom is -0.444 e. The quantitative estimate of drug-likeness (QED) is 0.801. The summed E-state index contributed by atoms with van der Waals surface area (Å²) in [6.07, 6.45) is 8.02. The predicted octanol–water partition coefficient (Wildman–Crippen LogP) is 3.18. The molecule has 4 rings (SSSR count). The zero-order valence-electron chi connectivity index (χ0n) is 17.1. The lowest BCUT2D eigenvalue weighted by atomic mass is 9.97. The summed E-state index contributed by atoms with van der Waals surface area (Å²) in [6.45, 7) is 6.75. The van der Waals surface area contributed by atoms with E-state index in [1.54, 1.807) is 0 Å². The number of nitrogens with one attached hydrogen (secondary N) is 1. The summed E-state index contributed by atoms with van der Waals surface area (Å²) in [4.78, 5) is 14.6. The van der Waals surface area contributed by atoms with Gasteiger partial charge in [-0.2, -0.15) is 0 Å². The van der Waals surface area contributed by atoms with Crippen LogP contribution in [-0.2, 0) is 11.2 Å². The number of ether oxygens (including phenoxy) is 1. The van der Waals surface area contributed by atoms with E-state index in [1.165, 1.54) is 0 Å². The maximum absolute atomic E-state index is 12.5. The van der Waals surface area contributed by atoms with Gasteiger partial charge >= 0.3 is 6.09 Å². The number of aryl methyl sites for hydroxylation is 1. The lowest BCUT2D eigenvalue weighted by molar-refractivity contribution is 0.00475. The second-order valence-electron chi connectivity index (χ2n) is 9.04. The molecule has 152 valence electrons. The van der Waals surface area contributed by atoms with Crippen LogP contribution in [0.15, 0.2) is 24.4 Å². The van der Waals surface area contributed by atoms with Crippen molar-refractivity contribution in [3.05, 3.63) is 30.2 Å². The normalized spacial score (nSPS) is 24.7. The summed E-state index contributed by atoms with van der Waals surface area (Å²) >= 11 is 0. The van der Waals surface area contributed by atoms with Crippen molar-refractivity contribution in [2.24, 2.45) is 0 Å². The van der Waals surface area contributed by atoms with Crippen molar-refractivity contribution in [2.75, 3.05) is 6.54 Å². The molecule has 0 unspecified atom stereocenters. The predicted molar refractivity (Wildman–Crippen MR) is 107 cm³/mol. The third-order valence-corrected chi connectivity index (χ3v) is 5.73. The topological polar surface area (TPSA) is 71.8 Å². The van der Waals surface area contributed by atoms with Crippen LogP contribution < -0.4 is 5.32 Å². The zero-order chi connectivity index (χ0) is 19.7. The van der Waals surface area contributed by atoms with Crippen LogP contribution in [0.3, 0.4) is 0 Å². The van der Waals surface area contributed by atoms with Crippen molar-refractivity contribution >= 4 is 11.7 Å². The first kappa shape index (κ1) is 19.2. The maximum Gasteiger partial charge on any atom is 0.410 e. The molecular weight excluding hydrogens is 354 g/mol. The van der Waals surface area contributed by atoms with E-state index >= 15 is 0 Å². The molecule has 0 aromatic carbocycles. The summed E-state index contributed by atoms with van der Waals surface area (Å²) in [5, 5.41) is 12.2. The molecule has 2 fully saturated rings. The summed E-state index contributed by atoms with van der Waals surface area (Å²) < 4.78 is 7.67. The number of nitrogens with zero attached hydrogens (tertiary/aromatic N) is 4. The van der Waals surface area contributed by atoms with Crippen molar-refractivity contribution in [2.45, 2.75) is 83.0 Å². The van der Waals surface area contributed by atoms with Crippen LogP contribution in [0.25, 0.3) is 5.65 Å². The maximum atomic E-state index is 12.5. The first-order valence-electron chi connectivity index (χ1n) is 10.4. The molecule has 1 amide bonds. The van der Waals surface area contributed by atoms with E-state index in [2.05, 4.69) is 19.9 Å². The summed E-state index contributed by atoms with van der Waals surface area (Å²) in [7, 11) is 0. The van der Waals surface area contributed by atoms with E-state index in [0.29, 0.717) is 18.1 Å². The fourth-order valence-corrected chi connectivity index (χ4v) is 4.57. The summed E-state index contributed by atoms with van der Waals surface area (Å²) in [6, 6.07) is 7.06. The number of piperidine rings is 1. The van der Waals surface area contributed by atoms with Crippen molar-refractivity contribution in [3.63, 3.8) is 0 Å². The molecule has 2 aromatic rings. The van der Waals surface area contributed by atoms with E-state index in [1.807, 2.05) is 50.1 Å². The highest BCUT2D eigenvalue weighted by Crippen LogP contribution is 2.36. The van der Waals surface area contributed by atoms with Gasteiger partial charge in [-0.3, -0.25) is 4.40 Å². The number of hydrogen-bond acceptors (Lipinski definition) is 5. The van der Waals surface area contributed by atoms with Gasteiger partial charge in [0.1, 0.15) is 11.4 Å². The average Bonchev–Trinajstić information content (AvgIpc) is 3.16. The Morgan fingerprint density at radius 1 is 1.21 bits per heavy atom. The smallest absolute Gasteiger partial charge is 0.410 e. The van der Waals surface area contributed by atoms with Crippen LogP contribution in [0.5, 0.6) is 0 Å². The van der Waals surface area contributed by atoms with Gasteiger partial charge in [-0.15, -0.1) is 10.2 Å². The number of carbonyl (C=O) groups is 1. The van der Waals surface area contributed by atoms with E-state index in [9.17, 15) is 4.79 Å². The van der Waals surface area contributed by atoms with Crippen LogP contribution >= 0.6 is 0 Å². The molecule has 28 heavy (non-hydrogen) atoms. The molecule has 0 aliphatic carbocycles. The van der Waals surface area contributed by atoms with Gasteiger partial charge in [-0.25, -0.2) is 4.79 Å². The molecule has 7 nitrogen and oxygen atoms in total. The van der Waals surface area contributed by atoms with Crippen LogP contribution in [-0.4, -0.2) is 55.9 Å². The Kier molecular flexibility index (Phi) is 5.27. The Bertz CT molecular complexity index is 814. The second kappa shape index (κ2) is 7.70. The first-order valence-corrected chi connectivity index (χ1v) is 10.4. The van der Waals surface area contributed by atoms with E-state index in [-0.39, 0.29) is 6.09 Å². The van der Waals surface area contributed by atoms with Crippen LogP contribution in [0.4, 0.5) is 4.79 Å². The fraction of sp³-hybridized carbons (Fsp3) is 0.667. The molecule has 2 bridgehead atoms. The Morgan fingerprint density at radius 3 is 2.68 bits per heavy atom. The lowest BCUT2D eigenvalue weighted by Crippen LogP contribution is -2.52. The van der Waals surface area contributed by atoms with Gasteiger partial charge in [-0.1, -0.05) is 6.07 Å². The Labute approximate surface area is 166 Å². The lowest BCUT2D eigenvalue weighted by Gasteiger charge is -2.39. The molecule has 2 aliphatic heterocycles. The SMILES string of the molecule is CC(C)(C)OC(=O)N1[C@H]2CC[C@H]1CC(NCCCc1nnc3ccccn13)C2. The van der Waals surface area contributed by atoms with Crippen molar-refractivity contribution < 1.29 is 9.53 Å². The molecule has 4 heterocycles. The van der Waals surface area contributed by atoms with E-state index < -0.39 is 5.60 Å². The number of fused-ring (bicyclic) bond motifs is 3. The zero-order valence-corrected chi connectivity index (χ0v) is 17.1. The van der Waals surface area contributed by atoms with Gasteiger partial charge in [0, 0.05) is 30.7 Å². The number of pyridine rings is 1. The van der Waals surface area contributed by atoms with Crippen molar-refractivity contribution in [1.82, 2.24) is 24.8 Å². The molecule has 0 spiro atoms. The van der Waals surface area contributed by atoms with Gasteiger partial charge < -0.3 is 15.0 Å². The number of amides is 1. The molecule has 2 aromatic heterocycles. The van der Waals surface area contributed by atoms with E-state index in [4.69, 9.17) is 4.74 Å². The van der Waals surface area contributed by atoms with Crippen LogP contribution in [0, 0.1) is 0 Å². The minimum atomic E-state index is -0.433. The number of hydrogen-bond donors (Lipinski definition) is 1. The first-order chi connectivity index (χ1) is 13.4. The highest BCUT2D eigenvalue weighted by atomic mass is 16.6. The molecule has 2 saturated heterocycles. The second-order valence-corrected chi connectivity index (χ2v) is 9.04. The summed E-state index contributed by atoms with van der Waals surface area (Å²) in [5.74, 6) is 1.01. The third kappa shape index (κ3) is 4.14. The van der Waals surface area contributed by atoms with Gasteiger partial charge in [-0.05, 0) is 71.6 Å². The van der Waals surface area contributed by atoms with Gasteiger partial charge in [0.05, 0.1) is 0 Å². The highest BCUT2D eigenvalue weighted by molar-refractivity contribution is 5.69. The van der Waals surface area contributed by atoms with Gasteiger partial charge in [0.2, 0.25) is 0 Å². The largest absolute Gasteiger partial charge is 0.444 e. The molecular formula is C21H31N5O2. The van der Waals surface area contributed by atoms with Crippen LogP contribution in [0.2, 0.25) is 0 Å². The molecule has 0 radical (unpaired) electrons. The summed E-state index contributed by atoms with van der Waals surface area (Å²) in [5.41, 5.74) is 0.467. The highest BCUT2D eigenvalue weighted by Gasteiger charge is 2.44. The minimum absolute atomic E-state index is 0.142. The molecule has 1 N–H and O–H groups in total. The molecule has 2 atom stereocenters. The standard InChI is InChI=1S/C21H31N5O2/c1-21(2,3)28-20(27)26-16-9-10-17(26)14-15(13-16)22-11-6-8-19-24-23-18-7-4-5-12-25(18)19/h4-5,7,12,15-17,22H,6,8-11,13-14H2,1-3H3/t16-,17-/m0/s1. The van der Waals surface area contributed by atoms with Crippen molar-refractivity contribution in [3.8, 4) is 0 Å². The van der Waals surface area contributed by atoms with E-state index in [0.717, 1.165) is 56.5 Å². The fourth-order valence-electron chi connectivity index (χ4n) is 4.57.